The number of halogens is 1. The fraction of sp³-hybridized carbons (Fsp3) is 0. The summed E-state index contributed by atoms with van der Waals surface area (Å²) in [6.45, 7) is 0. The van der Waals surface area contributed by atoms with Crippen LogP contribution in [0, 0.1) is 0 Å². The molecule has 0 aliphatic carbocycles. The zero-order valence-corrected chi connectivity index (χ0v) is 10.8. The molecule has 6 heteroatoms. The predicted octanol–water partition coefficient (Wildman–Crippen LogP) is -1.46. The summed E-state index contributed by atoms with van der Waals surface area (Å²) in [5.74, 6) is 0. The van der Waals surface area contributed by atoms with E-state index in [0.717, 1.165) is 4.47 Å². The molecule has 0 N–H and O–H groups in total. The molecule has 0 heterocycles. The summed E-state index contributed by atoms with van der Waals surface area (Å²) in [7, 11) is -4.56. The smallest absolute Gasteiger partial charge is 0.684 e. The molecule has 0 fully saturated rings. The Kier molecular flexibility index (Phi) is 5.78. The van der Waals surface area contributed by atoms with Gasteiger partial charge in [0.15, 0.2) is 0 Å². The van der Waals surface area contributed by atoms with Crippen molar-refractivity contribution in [2.45, 2.75) is 0 Å². The van der Waals surface area contributed by atoms with E-state index in [1.807, 2.05) is 0 Å². The van der Waals surface area contributed by atoms with E-state index in [1.54, 1.807) is 0 Å². The average molecular weight is 275 g/mol. The van der Waals surface area contributed by atoms with Crippen LogP contribution in [-0.4, -0.2) is 37.7 Å². The van der Waals surface area contributed by atoms with Crippen molar-refractivity contribution >= 4 is 66.9 Å². The summed E-state index contributed by atoms with van der Waals surface area (Å²) in [6.07, 6.45) is 0. The van der Waals surface area contributed by atoms with E-state index in [2.05, 4.69) is 15.9 Å². The van der Waals surface area contributed by atoms with Crippen LogP contribution >= 0.6 is 23.9 Å². The quantitative estimate of drug-likeness (QED) is 0.464. The summed E-state index contributed by atoms with van der Waals surface area (Å²) in [5, 5.41) is -0.180. The molecule has 0 saturated heterocycles. The van der Waals surface area contributed by atoms with Crippen molar-refractivity contribution in [2.24, 2.45) is 0 Å². The molecule has 0 aromatic heterocycles. The van der Waals surface area contributed by atoms with Gasteiger partial charge in [-0.3, -0.25) is 0 Å². The minimum atomic E-state index is -4.56. The van der Waals surface area contributed by atoms with E-state index >= 15 is 0 Å². The second-order valence-corrected chi connectivity index (χ2v) is 4.40. The molecule has 12 heavy (non-hydrogen) atoms. The molecule has 0 amide bonds. The van der Waals surface area contributed by atoms with Gasteiger partial charge in [0.25, 0.3) is 0 Å². The van der Waals surface area contributed by atoms with E-state index < -0.39 is 7.94 Å². The van der Waals surface area contributed by atoms with E-state index in [9.17, 15) is 14.7 Å². The molecule has 0 atom stereocenters. The zero-order valence-electron chi connectivity index (χ0n) is 6.07. The number of rotatable bonds is 1. The Labute approximate surface area is 109 Å². The van der Waals surface area contributed by atoms with Crippen LogP contribution in [0.1, 0.15) is 0 Å². The Morgan fingerprint density at radius 2 is 1.42 bits per heavy atom. The number of hydrogen-bond donors (Lipinski definition) is 0. The molecule has 60 valence electrons. The molecule has 3 nitrogen and oxygen atoms in total. The first-order valence-corrected chi connectivity index (χ1v) is 5.12. The van der Waals surface area contributed by atoms with Gasteiger partial charge in [0, 0.05) is 4.47 Å². The van der Waals surface area contributed by atoms with Gasteiger partial charge in [-0.2, -0.15) is 0 Å². The Balaban J connectivity index is 0.00000121. The molecule has 0 aliphatic heterocycles. The van der Waals surface area contributed by atoms with Crippen LogP contribution in [0.2, 0.25) is 0 Å². The molecule has 0 saturated carbocycles. The molecule has 0 bridgehead atoms. The van der Waals surface area contributed by atoms with Gasteiger partial charge in [0.05, 0.1) is 5.30 Å². The van der Waals surface area contributed by atoms with Gasteiger partial charge in [-0.05, 0) is 24.3 Å². The SMILES string of the molecule is [Ca+2].[O-][P+]([O-])([O-])c1ccc(Br)cc1. The van der Waals surface area contributed by atoms with Crippen LogP contribution in [-0.2, 0) is 0 Å². The van der Waals surface area contributed by atoms with Gasteiger partial charge < -0.3 is 14.7 Å². The molecular formula is C6H4BrCaO3P. The zero-order chi connectivity index (χ0) is 8.48. The third-order valence-electron chi connectivity index (χ3n) is 1.14. The maximum Gasteiger partial charge on any atom is 2.00 e. The van der Waals surface area contributed by atoms with Gasteiger partial charge >= 0.3 is 37.7 Å². The van der Waals surface area contributed by atoms with Crippen molar-refractivity contribution in [3.8, 4) is 0 Å². The second-order valence-electron chi connectivity index (χ2n) is 1.97. The molecule has 0 radical (unpaired) electrons. The first-order chi connectivity index (χ1) is 5.00. The molecule has 1 aromatic carbocycles. The van der Waals surface area contributed by atoms with Crippen LogP contribution in [0.15, 0.2) is 28.7 Å². The van der Waals surface area contributed by atoms with Crippen LogP contribution in [0.25, 0.3) is 0 Å². The first-order valence-electron chi connectivity index (χ1n) is 2.78. The molecule has 0 spiro atoms. The molecular weight excluding hydrogens is 271 g/mol. The van der Waals surface area contributed by atoms with E-state index in [1.165, 1.54) is 24.3 Å². The van der Waals surface area contributed by atoms with Gasteiger partial charge in [-0.1, -0.05) is 15.9 Å². The fourth-order valence-electron chi connectivity index (χ4n) is 0.624. The molecule has 0 unspecified atom stereocenters. The second kappa shape index (κ2) is 5.23. The van der Waals surface area contributed by atoms with Crippen LogP contribution < -0.4 is 20.0 Å². The summed E-state index contributed by atoms with van der Waals surface area (Å²) in [4.78, 5) is 31.2. The Morgan fingerprint density at radius 1 is 1.00 bits per heavy atom. The van der Waals surface area contributed by atoms with Crippen LogP contribution in [0.4, 0.5) is 0 Å². The minimum absolute atomic E-state index is 0. The topological polar surface area (TPSA) is 69.2 Å². The van der Waals surface area contributed by atoms with E-state index in [-0.39, 0.29) is 43.0 Å². The van der Waals surface area contributed by atoms with Crippen molar-refractivity contribution in [2.75, 3.05) is 0 Å². The van der Waals surface area contributed by atoms with Gasteiger partial charge in [0.2, 0.25) is 0 Å². The largest absolute Gasteiger partial charge is 2.00 e. The predicted molar refractivity (Wildman–Crippen MR) is 46.5 cm³/mol. The van der Waals surface area contributed by atoms with Crippen molar-refractivity contribution in [1.82, 2.24) is 0 Å². The summed E-state index contributed by atoms with van der Waals surface area (Å²) >= 11 is 3.12. The molecule has 1 aromatic rings. The summed E-state index contributed by atoms with van der Waals surface area (Å²) < 4.78 is 0.745. The third kappa shape index (κ3) is 3.99. The van der Waals surface area contributed by atoms with Crippen LogP contribution in [0.5, 0.6) is 0 Å². The van der Waals surface area contributed by atoms with Crippen molar-refractivity contribution in [3.63, 3.8) is 0 Å². The standard InChI is InChI=1S/C6H6BrO3P.Ca/c7-5-1-3-6(4-2-5)11(8,9)10;/h1-4H,(H2,8,9,10);/q;+2/p-2. The van der Waals surface area contributed by atoms with Crippen molar-refractivity contribution in [3.05, 3.63) is 28.7 Å². The Morgan fingerprint density at radius 3 is 1.75 bits per heavy atom. The first kappa shape index (κ1) is 13.3. The minimum Gasteiger partial charge on any atom is -0.684 e. The maximum absolute atomic E-state index is 10.4. The van der Waals surface area contributed by atoms with Crippen LogP contribution in [0.3, 0.4) is 0 Å². The van der Waals surface area contributed by atoms with Gasteiger partial charge in [-0.15, -0.1) is 7.94 Å². The monoisotopic (exact) mass is 274 g/mol. The van der Waals surface area contributed by atoms with Gasteiger partial charge in [0.1, 0.15) is 0 Å². The fourth-order valence-corrected chi connectivity index (χ4v) is 1.40. The number of benzene rings is 1. The number of hydrogen-bond acceptors (Lipinski definition) is 3. The maximum atomic E-state index is 10.4. The molecule has 0 aliphatic rings. The Bertz CT molecular complexity index is 246. The summed E-state index contributed by atoms with van der Waals surface area (Å²) in [5.41, 5.74) is 0. The molecule has 1 rings (SSSR count). The van der Waals surface area contributed by atoms with Crippen molar-refractivity contribution in [1.29, 1.82) is 0 Å². The summed E-state index contributed by atoms with van der Waals surface area (Å²) in [6, 6.07) is 5.56. The average Bonchev–Trinajstić information content (AvgIpc) is 1.86. The van der Waals surface area contributed by atoms with E-state index in [4.69, 9.17) is 0 Å². The third-order valence-corrected chi connectivity index (χ3v) is 2.60. The van der Waals surface area contributed by atoms with Crippen molar-refractivity contribution < 1.29 is 14.7 Å². The Hall–Kier alpha value is 1.27. The van der Waals surface area contributed by atoms with Gasteiger partial charge in [-0.25, -0.2) is 0 Å². The van der Waals surface area contributed by atoms with E-state index in [0.29, 0.717) is 0 Å². The normalized spacial score (nSPS) is 10.7.